The summed E-state index contributed by atoms with van der Waals surface area (Å²) in [6, 6.07) is 3.69. The van der Waals surface area contributed by atoms with E-state index in [1.54, 1.807) is 6.07 Å². The zero-order chi connectivity index (χ0) is 20.7. The van der Waals surface area contributed by atoms with E-state index in [2.05, 4.69) is 10.6 Å². The van der Waals surface area contributed by atoms with Gasteiger partial charge in [-0.25, -0.2) is 0 Å². The van der Waals surface area contributed by atoms with Crippen molar-refractivity contribution in [1.29, 1.82) is 0 Å². The topological polar surface area (TPSA) is 83.4 Å². The molecule has 4 heterocycles. The van der Waals surface area contributed by atoms with Crippen LogP contribution >= 0.6 is 0 Å². The van der Waals surface area contributed by atoms with Crippen LogP contribution < -0.4 is 16.2 Å². The van der Waals surface area contributed by atoms with Crippen LogP contribution in [0.5, 0.6) is 0 Å². The maximum Gasteiger partial charge on any atom is 0.263 e. The first-order chi connectivity index (χ1) is 14.6. The molecule has 1 aromatic heterocycles. The van der Waals surface area contributed by atoms with Crippen LogP contribution in [-0.2, 0) is 11.3 Å². The fourth-order valence-electron chi connectivity index (χ4n) is 5.90. The fraction of sp³-hybridized carbons (Fsp3) is 0.696. The summed E-state index contributed by atoms with van der Waals surface area (Å²) in [5.74, 6) is 1.06. The predicted molar refractivity (Wildman–Crippen MR) is 113 cm³/mol. The maximum absolute atomic E-state index is 13.0. The first kappa shape index (κ1) is 19.8. The van der Waals surface area contributed by atoms with Gasteiger partial charge < -0.3 is 20.1 Å². The van der Waals surface area contributed by atoms with E-state index in [4.69, 9.17) is 0 Å². The summed E-state index contributed by atoms with van der Waals surface area (Å²) < 4.78 is 1.83. The molecule has 2 N–H and O–H groups in total. The lowest BCUT2D eigenvalue weighted by Gasteiger charge is -2.37. The molecular weight excluding hydrogens is 380 g/mol. The van der Waals surface area contributed by atoms with Gasteiger partial charge in [-0.15, -0.1) is 0 Å². The fourth-order valence-corrected chi connectivity index (χ4v) is 5.90. The van der Waals surface area contributed by atoms with Crippen LogP contribution in [0.3, 0.4) is 0 Å². The lowest BCUT2D eigenvalue weighted by Crippen LogP contribution is -2.49. The molecule has 1 saturated carbocycles. The molecule has 1 aliphatic carbocycles. The second-order valence-electron chi connectivity index (χ2n) is 9.60. The molecule has 2 amide bonds. The van der Waals surface area contributed by atoms with Gasteiger partial charge in [0.05, 0.1) is 0 Å². The highest BCUT2D eigenvalue weighted by atomic mass is 16.2. The number of carbonyl (C=O) groups excluding carboxylic acids is 2. The van der Waals surface area contributed by atoms with Crippen LogP contribution in [0, 0.1) is 11.8 Å². The van der Waals surface area contributed by atoms with Gasteiger partial charge in [-0.2, -0.15) is 0 Å². The monoisotopic (exact) mass is 412 g/mol. The summed E-state index contributed by atoms with van der Waals surface area (Å²) in [4.78, 5) is 40.5. The highest BCUT2D eigenvalue weighted by molar-refractivity contribution is 5.94. The second-order valence-corrected chi connectivity index (χ2v) is 9.60. The van der Waals surface area contributed by atoms with Crippen LogP contribution in [0.15, 0.2) is 16.9 Å². The Bertz CT molecular complexity index is 881. The molecule has 7 heteroatoms. The minimum atomic E-state index is -0.273. The first-order valence-electron chi connectivity index (χ1n) is 11.6. The van der Waals surface area contributed by atoms with E-state index in [9.17, 15) is 14.4 Å². The van der Waals surface area contributed by atoms with Gasteiger partial charge in [0, 0.05) is 49.8 Å². The van der Waals surface area contributed by atoms with Crippen molar-refractivity contribution >= 4 is 11.8 Å². The molecule has 2 bridgehead atoms. The molecule has 2 atom stereocenters. The number of pyridine rings is 1. The van der Waals surface area contributed by atoms with Crippen molar-refractivity contribution < 1.29 is 9.59 Å². The van der Waals surface area contributed by atoms with Crippen molar-refractivity contribution in [1.82, 2.24) is 20.1 Å². The molecule has 2 saturated heterocycles. The van der Waals surface area contributed by atoms with Crippen LogP contribution in [0.4, 0.5) is 0 Å². The van der Waals surface area contributed by atoms with E-state index in [-0.39, 0.29) is 29.0 Å². The van der Waals surface area contributed by atoms with Gasteiger partial charge >= 0.3 is 0 Å². The zero-order valence-corrected chi connectivity index (χ0v) is 17.6. The molecule has 0 spiro atoms. The Balaban J connectivity index is 1.22. The smallest absolute Gasteiger partial charge is 0.263 e. The average Bonchev–Trinajstić information content (AvgIpc) is 3.30. The Hall–Kier alpha value is -2.15. The van der Waals surface area contributed by atoms with Gasteiger partial charge in [0.1, 0.15) is 5.56 Å². The summed E-state index contributed by atoms with van der Waals surface area (Å²) in [5, 5.41) is 6.50. The van der Waals surface area contributed by atoms with Crippen LogP contribution in [0.25, 0.3) is 0 Å². The molecule has 0 aromatic carbocycles. The highest BCUT2D eigenvalue weighted by Gasteiger charge is 2.33. The summed E-state index contributed by atoms with van der Waals surface area (Å²) in [6.07, 6.45) is 7.01. The molecule has 0 radical (unpaired) electrons. The van der Waals surface area contributed by atoms with Gasteiger partial charge in [0.25, 0.3) is 11.5 Å². The number of nitrogens with one attached hydrogen (secondary N) is 2. The Morgan fingerprint density at radius 1 is 1.03 bits per heavy atom. The summed E-state index contributed by atoms with van der Waals surface area (Å²) in [6.45, 7) is 3.93. The van der Waals surface area contributed by atoms with Gasteiger partial charge in [-0.05, 0) is 56.7 Å². The standard InChI is InChI=1S/C23H32N4O3/c28-21(25-18-7-9-26(10-8-18)22(29)16-3-1-2-4-16)19-5-6-20-17-11-15(12-24-13-17)14-27(20)23(19)30/h5-6,15-18,24H,1-4,7-14H2,(H,25,28)/t15-,17+/m0/s1. The first-order valence-corrected chi connectivity index (χ1v) is 11.6. The van der Waals surface area contributed by atoms with Crippen molar-refractivity contribution in [3.63, 3.8) is 0 Å². The van der Waals surface area contributed by atoms with E-state index < -0.39 is 0 Å². The van der Waals surface area contributed by atoms with Gasteiger partial charge in [-0.3, -0.25) is 14.4 Å². The number of aromatic nitrogens is 1. The minimum Gasteiger partial charge on any atom is -0.349 e. The molecule has 4 aliphatic rings. The summed E-state index contributed by atoms with van der Waals surface area (Å²) in [5.41, 5.74) is 1.14. The number of hydrogen-bond acceptors (Lipinski definition) is 4. The Kier molecular flexibility index (Phi) is 5.39. The Morgan fingerprint density at radius 2 is 1.80 bits per heavy atom. The third-order valence-electron chi connectivity index (χ3n) is 7.60. The van der Waals surface area contributed by atoms with Gasteiger partial charge in [0.2, 0.25) is 5.91 Å². The molecule has 3 fully saturated rings. The van der Waals surface area contributed by atoms with E-state index in [1.165, 1.54) is 0 Å². The van der Waals surface area contributed by atoms with Crippen molar-refractivity contribution in [3.8, 4) is 0 Å². The number of rotatable bonds is 3. The maximum atomic E-state index is 13.0. The lowest BCUT2D eigenvalue weighted by atomic mass is 9.84. The van der Waals surface area contributed by atoms with E-state index >= 15 is 0 Å². The molecule has 30 heavy (non-hydrogen) atoms. The number of carbonyl (C=O) groups is 2. The number of amides is 2. The minimum absolute atomic E-state index is 0.0224. The molecule has 0 unspecified atom stereocenters. The molecule has 162 valence electrons. The molecule has 3 aliphatic heterocycles. The molecule has 7 nitrogen and oxygen atoms in total. The van der Waals surface area contributed by atoms with Crippen LogP contribution in [0.2, 0.25) is 0 Å². The summed E-state index contributed by atoms with van der Waals surface area (Å²) in [7, 11) is 0. The van der Waals surface area contributed by atoms with Crippen LogP contribution in [-0.4, -0.2) is 53.5 Å². The van der Waals surface area contributed by atoms with Crippen molar-refractivity contribution in [2.75, 3.05) is 26.2 Å². The normalized spacial score (nSPS) is 27.0. The Morgan fingerprint density at radius 3 is 2.57 bits per heavy atom. The molecule has 1 aromatic rings. The predicted octanol–water partition coefficient (Wildman–Crippen LogP) is 1.47. The quantitative estimate of drug-likeness (QED) is 0.788. The van der Waals surface area contributed by atoms with Gasteiger partial charge in [0.15, 0.2) is 0 Å². The Labute approximate surface area is 177 Å². The largest absolute Gasteiger partial charge is 0.349 e. The number of fused-ring (bicyclic) bond motifs is 4. The van der Waals surface area contributed by atoms with Gasteiger partial charge in [-0.1, -0.05) is 12.8 Å². The van der Waals surface area contributed by atoms with Crippen molar-refractivity contribution in [2.24, 2.45) is 11.8 Å². The number of nitrogens with zero attached hydrogens (tertiary/aromatic N) is 2. The average molecular weight is 413 g/mol. The third kappa shape index (κ3) is 3.68. The number of hydrogen-bond donors (Lipinski definition) is 2. The molecule has 5 rings (SSSR count). The van der Waals surface area contributed by atoms with E-state index in [0.29, 0.717) is 37.4 Å². The van der Waals surface area contributed by atoms with Crippen molar-refractivity contribution in [3.05, 3.63) is 33.7 Å². The highest BCUT2D eigenvalue weighted by Crippen LogP contribution is 2.32. The van der Waals surface area contributed by atoms with E-state index in [0.717, 1.165) is 63.7 Å². The third-order valence-corrected chi connectivity index (χ3v) is 7.60. The second kappa shape index (κ2) is 8.17. The SMILES string of the molecule is O=C(NC1CCN(C(=O)C2CCCC2)CC1)c1ccc2n(c1=O)C[C@@H]1CNC[C@H]2C1. The van der Waals surface area contributed by atoms with Crippen LogP contribution in [0.1, 0.15) is 66.9 Å². The molecular formula is C23H32N4O3. The number of likely N-dealkylation sites (tertiary alicyclic amines) is 1. The number of piperidine rings is 2. The lowest BCUT2D eigenvalue weighted by molar-refractivity contribution is -0.136. The zero-order valence-electron chi connectivity index (χ0n) is 17.6. The van der Waals surface area contributed by atoms with E-state index in [1.807, 2.05) is 15.5 Å². The van der Waals surface area contributed by atoms with Crippen molar-refractivity contribution in [2.45, 2.75) is 63.5 Å². The summed E-state index contributed by atoms with van der Waals surface area (Å²) >= 11 is 0.